The Morgan fingerprint density at radius 2 is 2.05 bits per heavy atom. The summed E-state index contributed by atoms with van der Waals surface area (Å²) in [5.41, 5.74) is 2.21. The molecule has 1 heterocycles. The number of anilines is 1. The third-order valence-corrected chi connectivity index (χ3v) is 2.88. The fourth-order valence-corrected chi connectivity index (χ4v) is 1.77. The van der Waals surface area contributed by atoms with E-state index in [-0.39, 0.29) is 5.91 Å². The molecule has 1 amide bonds. The van der Waals surface area contributed by atoms with Gasteiger partial charge < -0.3 is 10.6 Å². The van der Waals surface area contributed by atoms with Crippen LogP contribution >= 0.6 is 11.6 Å². The summed E-state index contributed by atoms with van der Waals surface area (Å²) >= 11 is 5.98. The number of hydrogen-bond donors (Lipinski definition) is 2. The first-order valence-corrected chi connectivity index (χ1v) is 6.08. The number of carbonyl (C=O) groups excluding carboxylic acids is 1. The normalized spacial score (nSPS) is 10.0. The molecule has 0 saturated carbocycles. The summed E-state index contributed by atoms with van der Waals surface area (Å²) < 4.78 is 0. The van der Waals surface area contributed by atoms with Crippen LogP contribution in [-0.2, 0) is 6.54 Å². The third kappa shape index (κ3) is 3.42. The molecule has 98 valence electrons. The van der Waals surface area contributed by atoms with Gasteiger partial charge in [-0.25, -0.2) is 9.97 Å². The van der Waals surface area contributed by atoms with Crippen LogP contribution in [0.4, 0.5) is 5.69 Å². The minimum atomic E-state index is -0.211. The van der Waals surface area contributed by atoms with Gasteiger partial charge in [0.25, 0.3) is 5.91 Å². The Kier molecular flexibility index (Phi) is 4.30. The topological polar surface area (TPSA) is 66.9 Å². The molecule has 1 aromatic carbocycles. The smallest absolute Gasteiger partial charge is 0.252 e. The van der Waals surface area contributed by atoms with Crippen molar-refractivity contribution in [2.75, 3.05) is 12.4 Å². The zero-order chi connectivity index (χ0) is 13.7. The van der Waals surface area contributed by atoms with Crippen molar-refractivity contribution in [1.29, 1.82) is 0 Å². The Balaban J connectivity index is 2.11. The maximum absolute atomic E-state index is 11.6. The predicted octanol–water partition coefficient (Wildman–Crippen LogP) is 2.10. The van der Waals surface area contributed by atoms with Crippen LogP contribution in [0.15, 0.2) is 36.9 Å². The number of carbonyl (C=O) groups is 1. The lowest BCUT2D eigenvalue weighted by Gasteiger charge is -2.09. The first-order chi connectivity index (χ1) is 9.20. The van der Waals surface area contributed by atoms with Crippen LogP contribution in [0.2, 0.25) is 5.02 Å². The highest BCUT2D eigenvalue weighted by Crippen LogP contribution is 2.20. The Morgan fingerprint density at radius 3 is 2.74 bits per heavy atom. The highest BCUT2D eigenvalue weighted by molar-refractivity contribution is 6.34. The van der Waals surface area contributed by atoms with E-state index < -0.39 is 0 Å². The van der Waals surface area contributed by atoms with E-state index in [0.717, 1.165) is 11.3 Å². The summed E-state index contributed by atoms with van der Waals surface area (Å²) in [4.78, 5) is 19.5. The van der Waals surface area contributed by atoms with Crippen molar-refractivity contribution < 1.29 is 4.79 Å². The molecule has 0 aliphatic heterocycles. The van der Waals surface area contributed by atoms with Crippen molar-refractivity contribution in [3.05, 3.63) is 53.1 Å². The second-order valence-electron chi connectivity index (χ2n) is 3.87. The van der Waals surface area contributed by atoms with Crippen molar-refractivity contribution in [2.24, 2.45) is 0 Å². The van der Waals surface area contributed by atoms with Crippen LogP contribution in [-0.4, -0.2) is 22.9 Å². The van der Waals surface area contributed by atoms with Gasteiger partial charge in [0.05, 0.1) is 10.6 Å². The standard InChI is InChI=1S/C13H13ClN4O/c1-15-13(19)11-4-10(2-3-12(11)14)18-7-9-5-16-8-17-6-9/h2-6,8,18H,7H2,1H3,(H,15,19). The van der Waals surface area contributed by atoms with E-state index in [1.165, 1.54) is 6.33 Å². The summed E-state index contributed by atoms with van der Waals surface area (Å²) in [5.74, 6) is -0.211. The summed E-state index contributed by atoms with van der Waals surface area (Å²) in [6.45, 7) is 0.579. The lowest BCUT2D eigenvalue weighted by atomic mass is 10.2. The van der Waals surface area contributed by atoms with Gasteiger partial charge in [-0.3, -0.25) is 4.79 Å². The molecule has 0 fully saturated rings. The molecular weight excluding hydrogens is 264 g/mol. The van der Waals surface area contributed by atoms with Gasteiger partial charge in [-0.1, -0.05) is 11.6 Å². The van der Waals surface area contributed by atoms with E-state index in [1.54, 1.807) is 31.6 Å². The second kappa shape index (κ2) is 6.15. The average Bonchev–Trinajstić information content (AvgIpc) is 2.46. The van der Waals surface area contributed by atoms with E-state index in [2.05, 4.69) is 20.6 Å². The fraction of sp³-hybridized carbons (Fsp3) is 0.154. The van der Waals surface area contributed by atoms with Gasteiger partial charge >= 0.3 is 0 Å². The first-order valence-electron chi connectivity index (χ1n) is 5.70. The highest BCUT2D eigenvalue weighted by atomic mass is 35.5. The summed E-state index contributed by atoms with van der Waals surface area (Å²) in [7, 11) is 1.57. The molecule has 19 heavy (non-hydrogen) atoms. The van der Waals surface area contributed by atoms with E-state index in [1.807, 2.05) is 6.07 Å². The molecule has 0 bridgehead atoms. The Morgan fingerprint density at radius 1 is 1.32 bits per heavy atom. The number of nitrogens with one attached hydrogen (secondary N) is 2. The van der Waals surface area contributed by atoms with E-state index in [0.29, 0.717) is 17.1 Å². The van der Waals surface area contributed by atoms with Crippen molar-refractivity contribution in [3.8, 4) is 0 Å². The van der Waals surface area contributed by atoms with Gasteiger partial charge in [0, 0.05) is 37.2 Å². The number of hydrogen-bond acceptors (Lipinski definition) is 4. The zero-order valence-corrected chi connectivity index (χ0v) is 11.1. The summed E-state index contributed by atoms with van der Waals surface area (Å²) in [6, 6.07) is 5.22. The zero-order valence-electron chi connectivity index (χ0n) is 10.4. The van der Waals surface area contributed by atoms with E-state index >= 15 is 0 Å². The highest BCUT2D eigenvalue weighted by Gasteiger charge is 2.09. The molecule has 0 aliphatic carbocycles. The number of halogens is 1. The molecule has 0 spiro atoms. The number of nitrogens with zero attached hydrogens (tertiary/aromatic N) is 2. The Hall–Kier alpha value is -2.14. The molecule has 0 radical (unpaired) electrons. The Bertz CT molecular complexity index is 574. The Labute approximate surface area is 116 Å². The maximum Gasteiger partial charge on any atom is 0.252 e. The van der Waals surface area contributed by atoms with E-state index in [9.17, 15) is 4.79 Å². The number of rotatable bonds is 4. The van der Waals surface area contributed by atoms with Crippen LogP contribution in [0.5, 0.6) is 0 Å². The molecule has 2 aromatic rings. The van der Waals surface area contributed by atoms with Gasteiger partial charge in [0.15, 0.2) is 0 Å². The molecular formula is C13H13ClN4O. The van der Waals surface area contributed by atoms with Crippen molar-refractivity contribution >= 4 is 23.2 Å². The third-order valence-electron chi connectivity index (χ3n) is 2.55. The number of amides is 1. The van der Waals surface area contributed by atoms with Crippen LogP contribution < -0.4 is 10.6 Å². The van der Waals surface area contributed by atoms with Gasteiger partial charge in [-0.15, -0.1) is 0 Å². The van der Waals surface area contributed by atoms with Crippen molar-refractivity contribution in [1.82, 2.24) is 15.3 Å². The van der Waals surface area contributed by atoms with Crippen LogP contribution in [0, 0.1) is 0 Å². The predicted molar refractivity (Wildman–Crippen MR) is 74.2 cm³/mol. The molecule has 2 N–H and O–H groups in total. The first kappa shape index (κ1) is 13.3. The fourth-order valence-electron chi connectivity index (χ4n) is 1.57. The molecule has 1 aromatic heterocycles. The minimum absolute atomic E-state index is 0.211. The maximum atomic E-state index is 11.6. The second-order valence-corrected chi connectivity index (χ2v) is 4.28. The van der Waals surface area contributed by atoms with Gasteiger partial charge in [-0.2, -0.15) is 0 Å². The monoisotopic (exact) mass is 276 g/mol. The van der Waals surface area contributed by atoms with Crippen LogP contribution in [0.3, 0.4) is 0 Å². The molecule has 0 aliphatic rings. The summed E-state index contributed by atoms with van der Waals surface area (Å²) in [5, 5.41) is 6.16. The lowest BCUT2D eigenvalue weighted by molar-refractivity contribution is 0.0963. The largest absolute Gasteiger partial charge is 0.381 e. The number of aromatic nitrogens is 2. The van der Waals surface area contributed by atoms with Gasteiger partial charge in [-0.05, 0) is 18.2 Å². The quantitative estimate of drug-likeness (QED) is 0.897. The molecule has 5 nitrogen and oxygen atoms in total. The molecule has 2 rings (SSSR count). The number of benzene rings is 1. The minimum Gasteiger partial charge on any atom is -0.381 e. The lowest BCUT2D eigenvalue weighted by Crippen LogP contribution is -2.18. The molecule has 0 saturated heterocycles. The van der Waals surface area contributed by atoms with E-state index in [4.69, 9.17) is 11.6 Å². The van der Waals surface area contributed by atoms with Crippen LogP contribution in [0.1, 0.15) is 15.9 Å². The molecule has 0 atom stereocenters. The van der Waals surface area contributed by atoms with Gasteiger partial charge in [0.2, 0.25) is 0 Å². The van der Waals surface area contributed by atoms with Gasteiger partial charge in [0.1, 0.15) is 6.33 Å². The average molecular weight is 277 g/mol. The SMILES string of the molecule is CNC(=O)c1cc(NCc2cncnc2)ccc1Cl. The van der Waals surface area contributed by atoms with Crippen molar-refractivity contribution in [2.45, 2.75) is 6.54 Å². The molecule has 0 unspecified atom stereocenters. The van der Waals surface area contributed by atoms with Crippen molar-refractivity contribution in [3.63, 3.8) is 0 Å². The summed E-state index contributed by atoms with van der Waals surface area (Å²) in [6.07, 6.45) is 4.95. The van der Waals surface area contributed by atoms with Crippen LogP contribution in [0.25, 0.3) is 0 Å². The molecule has 6 heteroatoms.